The SMILES string of the molecule is CC#CNONC=O. The highest BCUT2D eigenvalue weighted by molar-refractivity contribution is 5.43. The molecule has 0 radical (unpaired) electrons. The number of carbonyl (C=O) groups excluding carboxylic acids is 1. The molecule has 4 nitrogen and oxygen atoms in total. The largest absolute Gasteiger partial charge is 0.277 e. The zero-order valence-corrected chi connectivity index (χ0v) is 4.39. The number of nitrogens with one attached hydrogen (secondary N) is 2. The molecule has 0 bridgehead atoms. The fourth-order valence-electron chi connectivity index (χ4n) is 0.130. The molecule has 0 fully saturated rings. The second-order valence-electron chi connectivity index (χ2n) is 0.815. The molecule has 0 rings (SSSR count). The van der Waals surface area contributed by atoms with Gasteiger partial charge in [0.2, 0.25) is 6.41 Å². The molecule has 4 heteroatoms. The summed E-state index contributed by atoms with van der Waals surface area (Å²) in [5.41, 5.74) is 4.02. The van der Waals surface area contributed by atoms with Gasteiger partial charge in [-0.1, -0.05) is 5.92 Å². The zero-order valence-electron chi connectivity index (χ0n) is 4.39. The lowest BCUT2D eigenvalue weighted by Gasteiger charge is -1.91. The van der Waals surface area contributed by atoms with E-state index in [9.17, 15) is 4.79 Å². The molecule has 0 heterocycles. The third-order valence-corrected chi connectivity index (χ3v) is 0.334. The number of hydrogen-bond donors (Lipinski definition) is 2. The highest BCUT2D eigenvalue weighted by atomic mass is 16.8. The van der Waals surface area contributed by atoms with Gasteiger partial charge in [0, 0.05) is 6.04 Å². The summed E-state index contributed by atoms with van der Waals surface area (Å²) in [6, 6.07) is 2.34. The number of carbonyl (C=O) groups is 1. The Labute approximate surface area is 47.1 Å². The van der Waals surface area contributed by atoms with Crippen molar-refractivity contribution < 1.29 is 9.73 Å². The molecule has 0 spiro atoms. The molecule has 0 aliphatic carbocycles. The van der Waals surface area contributed by atoms with Crippen molar-refractivity contribution in [2.75, 3.05) is 0 Å². The summed E-state index contributed by atoms with van der Waals surface area (Å²) in [5.74, 6) is 2.48. The van der Waals surface area contributed by atoms with Gasteiger partial charge in [-0.3, -0.25) is 4.79 Å². The highest BCUT2D eigenvalue weighted by Crippen LogP contribution is 1.47. The minimum absolute atomic E-state index is 0.393. The summed E-state index contributed by atoms with van der Waals surface area (Å²) < 4.78 is 0. The Morgan fingerprint density at radius 2 is 2.50 bits per heavy atom. The van der Waals surface area contributed by atoms with Crippen LogP contribution in [0, 0.1) is 12.0 Å². The van der Waals surface area contributed by atoms with Crippen LogP contribution < -0.4 is 11.0 Å². The number of rotatable bonds is 3. The van der Waals surface area contributed by atoms with Gasteiger partial charge in [0.05, 0.1) is 0 Å². The van der Waals surface area contributed by atoms with E-state index in [1.54, 1.807) is 6.92 Å². The van der Waals surface area contributed by atoms with E-state index in [2.05, 4.69) is 22.4 Å². The maximum absolute atomic E-state index is 9.44. The van der Waals surface area contributed by atoms with Crippen LogP contribution in [0.15, 0.2) is 0 Å². The Morgan fingerprint density at radius 1 is 1.75 bits per heavy atom. The molecule has 44 valence electrons. The second-order valence-corrected chi connectivity index (χ2v) is 0.815. The monoisotopic (exact) mass is 114 g/mol. The molecular formula is C4H6N2O2. The quantitative estimate of drug-likeness (QED) is 0.165. The molecule has 0 aliphatic rings. The Bertz CT molecular complexity index is 113. The predicted octanol–water partition coefficient (Wildman–Crippen LogP) is -0.851. The van der Waals surface area contributed by atoms with Crippen molar-refractivity contribution >= 4 is 6.41 Å². The molecule has 0 aromatic rings. The summed E-state index contributed by atoms with van der Waals surface area (Å²) >= 11 is 0. The van der Waals surface area contributed by atoms with Crippen molar-refractivity contribution in [1.82, 2.24) is 11.0 Å². The van der Waals surface area contributed by atoms with Crippen molar-refractivity contribution in [2.24, 2.45) is 0 Å². The van der Waals surface area contributed by atoms with E-state index in [1.807, 2.05) is 5.48 Å². The van der Waals surface area contributed by atoms with E-state index in [0.29, 0.717) is 6.41 Å². The zero-order chi connectivity index (χ0) is 6.24. The van der Waals surface area contributed by atoms with Crippen molar-refractivity contribution in [2.45, 2.75) is 6.92 Å². The van der Waals surface area contributed by atoms with E-state index >= 15 is 0 Å². The molecule has 0 atom stereocenters. The lowest BCUT2D eigenvalue weighted by molar-refractivity contribution is -0.124. The van der Waals surface area contributed by atoms with Crippen molar-refractivity contribution in [3.8, 4) is 12.0 Å². The van der Waals surface area contributed by atoms with Gasteiger partial charge in [-0.15, -0.1) is 4.94 Å². The van der Waals surface area contributed by atoms with Crippen LogP contribution in [0.1, 0.15) is 6.92 Å². The lowest BCUT2D eigenvalue weighted by Crippen LogP contribution is -2.20. The first-order chi connectivity index (χ1) is 3.91. The molecule has 0 aliphatic heterocycles. The molecule has 8 heavy (non-hydrogen) atoms. The number of hydrogen-bond acceptors (Lipinski definition) is 3. The van der Waals surface area contributed by atoms with E-state index in [-0.39, 0.29) is 0 Å². The molecule has 1 amide bonds. The van der Waals surface area contributed by atoms with Gasteiger partial charge in [0.25, 0.3) is 0 Å². The van der Waals surface area contributed by atoms with Crippen LogP contribution in [0.5, 0.6) is 0 Å². The van der Waals surface area contributed by atoms with Gasteiger partial charge in [0.1, 0.15) is 0 Å². The fourth-order valence-corrected chi connectivity index (χ4v) is 0.130. The Balaban J connectivity index is 2.89. The Hall–Kier alpha value is -1.21. The third kappa shape index (κ3) is 4.79. The summed E-state index contributed by atoms with van der Waals surface area (Å²) in [7, 11) is 0. The number of amides is 1. The molecule has 0 aromatic heterocycles. The van der Waals surface area contributed by atoms with Crippen LogP contribution in [0.4, 0.5) is 0 Å². The first-order valence-electron chi connectivity index (χ1n) is 1.93. The molecular weight excluding hydrogens is 108 g/mol. The van der Waals surface area contributed by atoms with Gasteiger partial charge in [-0.2, -0.15) is 5.48 Å². The third-order valence-electron chi connectivity index (χ3n) is 0.334. The minimum Gasteiger partial charge on any atom is -0.277 e. The van der Waals surface area contributed by atoms with E-state index in [1.165, 1.54) is 0 Å². The van der Waals surface area contributed by atoms with Gasteiger partial charge in [-0.25, -0.2) is 5.48 Å². The highest BCUT2D eigenvalue weighted by Gasteiger charge is 1.68. The average molecular weight is 114 g/mol. The van der Waals surface area contributed by atoms with E-state index < -0.39 is 0 Å². The summed E-state index contributed by atoms with van der Waals surface area (Å²) in [4.78, 5) is 13.6. The van der Waals surface area contributed by atoms with E-state index in [0.717, 1.165) is 0 Å². The molecule has 0 aromatic carbocycles. The summed E-state index contributed by atoms with van der Waals surface area (Å²) in [6.07, 6.45) is 0.393. The van der Waals surface area contributed by atoms with Crippen LogP contribution >= 0.6 is 0 Å². The van der Waals surface area contributed by atoms with Gasteiger partial charge in [0.15, 0.2) is 0 Å². The topological polar surface area (TPSA) is 50.4 Å². The van der Waals surface area contributed by atoms with E-state index in [4.69, 9.17) is 0 Å². The van der Waals surface area contributed by atoms with Crippen molar-refractivity contribution in [3.05, 3.63) is 0 Å². The Kier molecular flexibility index (Phi) is 4.91. The molecule has 2 N–H and O–H groups in total. The average Bonchev–Trinajstić information content (AvgIpc) is 1.81. The van der Waals surface area contributed by atoms with Crippen LogP contribution in [0.2, 0.25) is 0 Å². The van der Waals surface area contributed by atoms with Crippen LogP contribution in [0.25, 0.3) is 0 Å². The first-order valence-corrected chi connectivity index (χ1v) is 1.93. The van der Waals surface area contributed by atoms with Crippen LogP contribution in [-0.4, -0.2) is 6.41 Å². The predicted molar refractivity (Wildman–Crippen MR) is 26.9 cm³/mol. The Morgan fingerprint density at radius 3 is 3.00 bits per heavy atom. The molecule has 0 saturated heterocycles. The first kappa shape index (κ1) is 6.79. The van der Waals surface area contributed by atoms with Crippen molar-refractivity contribution in [3.63, 3.8) is 0 Å². The minimum atomic E-state index is 0.393. The van der Waals surface area contributed by atoms with Crippen LogP contribution in [0.3, 0.4) is 0 Å². The summed E-state index contributed by atoms with van der Waals surface area (Å²) in [5, 5.41) is 0. The maximum Gasteiger partial charge on any atom is 0.232 e. The maximum atomic E-state index is 9.44. The molecule has 0 saturated carbocycles. The summed E-state index contributed by atoms with van der Waals surface area (Å²) in [6.45, 7) is 1.64. The lowest BCUT2D eigenvalue weighted by atomic mass is 10.8. The number of hydroxylamine groups is 2. The molecule has 0 unspecified atom stereocenters. The van der Waals surface area contributed by atoms with Gasteiger partial charge in [-0.05, 0) is 6.92 Å². The fraction of sp³-hybridized carbons (Fsp3) is 0.250. The smallest absolute Gasteiger partial charge is 0.232 e. The second kappa shape index (κ2) is 5.79. The standard InChI is InChI=1S/C4H6N2O2/c1-2-3-5-8-6-4-7/h4-5H,1H3,(H,6,7). The van der Waals surface area contributed by atoms with Gasteiger partial charge < -0.3 is 0 Å². The van der Waals surface area contributed by atoms with Crippen molar-refractivity contribution in [1.29, 1.82) is 0 Å². The van der Waals surface area contributed by atoms with Gasteiger partial charge >= 0.3 is 0 Å². The van der Waals surface area contributed by atoms with Crippen LogP contribution in [-0.2, 0) is 9.73 Å². The normalized spacial score (nSPS) is 6.12.